The largest absolute Gasteiger partial charge is 0.386 e. The van der Waals surface area contributed by atoms with Crippen molar-refractivity contribution < 1.29 is 4.79 Å². The topological polar surface area (TPSA) is 89.2 Å². The Balaban J connectivity index is 1.23. The fourth-order valence-corrected chi connectivity index (χ4v) is 5.18. The van der Waals surface area contributed by atoms with E-state index in [4.69, 9.17) is 5.73 Å². The second-order valence-electron chi connectivity index (χ2n) is 9.98. The summed E-state index contributed by atoms with van der Waals surface area (Å²) in [5.74, 6) is 0.544. The van der Waals surface area contributed by atoms with Crippen LogP contribution in [0.25, 0.3) is 5.70 Å². The zero-order chi connectivity index (χ0) is 24.9. The number of hydrogen-bond donors (Lipinski definition) is 3. The van der Waals surface area contributed by atoms with Crippen LogP contribution >= 0.6 is 0 Å². The number of nitrogens with two attached hydrogens (primary N) is 1. The second-order valence-corrected chi connectivity index (χ2v) is 9.98. The molecule has 0 spiro atoms. The van der Waals surface area contributed by atoms with Gasteiger partial charge in [-0.1, -0.05) is 24.3 Å². The summed E-state index contributed by atoms with van der Waals surface area (Å²) in [6.07, 6.45) is 4.10. The van der Waals surface area contributed by atoms with E-state index in [1.54, 1.807) is 0 Å². The predicted octanol–water partition coefficient (Wildman–Crippen LogP) is 2.09. The van der Waals surface area contributed by atoms with Crippen LogP contribution in [-0.4, -0.2) is 80.4 Å². The number of amides is 1. The number of rotatable bonds is 6. The van der Waals surface area contributed by atoms with Crippen molar-refractivity contribution in [3.8, 4) is 0 Å². The third kappa shape index (κ3) is 5.71. The van der Waals surface area contributed by atoms with E-state index in [-0.39, 0.29) is 5.91 Å². The van der Waals surface area contributed by atoms with Gasteiger partial charge in [0.1, 0.15) is 5.84 Å². The molecule has 8 heteroatoms. The maximum Gasteiger partial charge on any atom is 0.251 e. The molecule has 0 aliphatic carbocycles. The number of carbonyl (C=O) groups is 1. The average Bonchev–Trinajstić information content (AvgIpc) is 2.93. The lowest BCUT2D eigenvalue weighted by Crippen LogP contribution is -2.48. The maximum absolute atomic E-state index is 13.0. The first-order valence-electron chi connectivity index (χ1n) is 13.0. The monoisotopic (exact) mass is 487 g/mol. The molecular weight excluding hydrogens is 450 g/mol. The van der Waals surface area contributed by atoms with E-state index in [0.717, 1.165) is 68.9 Å². The van der Waals surface area contributed by atoms with Gasteiger partial charge in [0, 0.05) is 62.1 Å². The highest BCUT2D eigenvalue weighted by molar-refractivity contribution is 5.95. The molecule has 5 rings (SSSR count). The first kappa shape index (κ1) is 24.3. The molecule has 0 aromatic heterocycles. The standard InChI is InChI=1S/C28H37N7O/c1-33-12-14-34(15-13-33)24-9-7-21(8-10-24)17-32-28(36)23-5-2-4-22(16-23)26-19-31-27(29)20-35(26)25-6-3-11-30-18-25/h2,4-5,7-10,16,19,25,30H,3,6,11-15,17-18,20H2,1H3,(H2,29,31)(H,32,36)/t25-/m0/s1. The first-order valence-corrected chi connectivity index (χ1v) is 13.0. The van der Waals surface area contributed by atoms with Gasteiger partial charge in [-0.05, 0) is 56.3 Å². The Morgan fingerprint density at radius 2 is 1.94 bits per heavy atom. The van der Waals surface area contributed by atoms with Crippen LogP contribution in [0.2, 0.25) is 0 Å². The quantitative estimate of drug-likeness (QED) is 0.578. The molecule has 0 unspecified atom stereocenters. The van der Waals surface area contributed by atoms with Crippen molar-refractivity contribution in [1.82, 2.24) is 20.4 Å². The molecule has 3 aliphatic heterocycles. The number of hydrogen-bond acceptors (Lipinski definition) is 7. The molecule has 36 heavy (non-hydrogen) atoms. The van der Waals surface area contributed by atoms with Crippen LogP contribution in [0.15, 0.2) is 59.7 Å². The summed E-state index contributed by atoms with van der Waals surface area (Å²) in [7, 11) is 2.17. The van der Waals surface area contributed by atoms with E-state index in [9.17, 15) is 4.79 Å². The molecule has 2 saturated heterocycles. The number of nitrogens with one attached hydrogen (secondary N) is 2. The van der Waals surface area contributed by atoms with E-state index >= 15 is 0 Å². The molecule has 190 valence electrons. The number of aliphatic imine (C=N–C) groups is 1. The number of anilines is 1. The number of likely N-dealkylation sites (N-methyl/N-ethyl adjacent to an activating group) is 1. The van der Waals surface area contributed by atoms with Gasteiger partial charge in [-0.25, -0.2) is 4.99 Å². The molecule has 8 nitrogen and oxygen atoms in total. The molecule has 2 aromatic carbocycles. The zero-order valence-corrected chi connectivity index (χ0v) is 21.1. The summed E-state index contributed by atoms with van der Waals surface area (Å²) in [5.41, 5.74) is 11.1. The van der Waals surface area contributed by atoms with Gasteiger partial charge >= 0.3 is 0 Å². The van der Waals surface area contributed by atoms with Crippen LogP contribution in [0.1, 0.15) is 34.3 Å². The smallest absolute Gasteiger partial charge is 0.251 e. The number of piperazine rings is 1. The van der Waals surface area contributed by atoms with Gasteiger partial charge in [-0.3, -0.25) is 4.79 Å². The van der Waals surface area contributed by atoms with Gasteiger partial charge in [-0.15, -0.1) is 0 Å². The molecule has 3 heterocycles. The summed E-state index contributed by atoms with van der Waals surface area (Å²) >= 11 is 0. The van der Waals surface area contributed by atoms with E-state index in [1.165, 1.54) is 5.69 Å². The summed E-state index contributed by atoms with van der Waals surface area (Å²) in [6.45, 7) is 7.36. The number of amidine groups is 1. The summed E-state index contributed by atoms with van der Waals surface area (Å²) < 4.78 is 0. The van der Waals surface area contributed by atoms with Crippen LogP contribution in [0, 0.1) is 0 Å². The molecule has 1 amide bonds. The lowest BCUT2D eigenvalue weighted by Gasteiger charge is -2.39. The highest BCUT2D eigenvalue weighted by Crippen LogP contribution is 2.27. The highest BCUT2D eigenvalue weighted by atomic mass is 16.1. The minimum Gasteiger partial charge on any atom is -0.386 e. The molecule has 2 fully saturated rings. The van der Waals surface area contributed by atoms with Gasteiger partial charge in [0.15, 0.2) is 0 Å². The summed E-state index contributed by atoms with van der Waals surface area (Å²) in [6, 6.07) is 16.7. The van der Waals surface area contributed by atoms with Crippen LogP contribution in [0.5, 0.6) is 0 Å². The van der Waals surface area contributed by atoms with Crippen LogP contribution in [-0.2, 0) is 6.54 Å². The summed E-state index contributed by atoms with van der Waals surface area (Å²) in [4.78, 5) is 24.5. The highest BCUT2D eigenvalue weighted by Gasteiger charge is 2.26. The third-order valence-corrected chi connectivity index (χ3v) is 7.38. The van der Waals surface area contributed by atoms with Crippen molar-refractivity contribution >= 4 is 23.1 Å². The van der Waals surface area contributed by atoms with E-state index in [1.807, 2.05) is 30.5 Å². The average molecular weight is 488 g/mol. The van der Waals surface area contributed by atoms with Gasteiger partial charge in [0.2, 0.25) is 0 Å². The fourth-order valence-electron chi connectivity index (χ4n) is 5.18. The van der Waals surface area contributed by atoms with E-state index in [0.29, 0.717) is 30.5 Å². The molecule has 0 saturated carbocycles. The van der Waals surface area contributed by atoms with Gasteiger partial charge in [0.25, 0.3) is 5.91 Å². The molecule has 3 aliphatic rings. The molecule has 0 radical (unpaired) electrons. The van der Waals surface area contributed by atoms with Crippen molar-refractivity contribution in [3.05, 3.63) is 71.4 Å². The van der Waals surface area contributed by atoms with Gasteiger partial charge in [0.05, 0.1) is 18.4 Å². The molecule has 4 N–H and O–H groups in total. The normalized spacial score (nSPS) is 21.1. The van der Waals surface area contributed by atoms with Crippen molar-refractivity contribution in [2.75, 3.05) is 57.8 Å². The third-order valence-electron chi connectivity index (χ3n) is 7.38. The van der Waals surface area contributed by atoms with Crippen molar-refractivity contribution in [1.29, 1.82) is 0 Å². The van der Waals surface area contributed by atoms with Crippen molar-refractivity contribution in [2.24, 2.45) is 10.7 Å². The minimum atomic E-state index is -0.0784. The fraction of sp³-hybridized carbons (Fsp3) is 0.429. The Morgan fingerprint density at radius 3 is 2.69 bits per heavy atom. The van der Waals surface area contributed by atoms with Gasteiger partial charge in [-0.2, -0.15) is 0 Å². The number of piperidine rings is 1. The van der Waals surface area contributed by atoms with Crippen molar-refractivity contribution in [2.45, 2.75) is 25.4 Å². The Morgan fingerprint density at radius 1 is 1.14 bits per heavy atom. The van der Waals surface area contributed by atoms with Gasteiger partial charge < -0.3 is 31.1 Å². The molecule has 0 bridgehead atoms. The maximum atomic E-state index is 13.0. The van der Waals surface area contributed by atoms with Crippen LogP contribution in [0.3, 0.4) is 0 Å². The number of nitrogens with zero attached hydrogens (tertiary/aromatic N) is 4. The van der Waals surface area contributed by atoms with Crippen LogP contribution < -0.4 is 21.3 Å². The first-order chi connectivity index (χ1) is 17.6. The Labute approximate surface area is 213 Å². The zero-order valence-electron chi connectivity index (χ0n) is 21.1. The van der Waals surface area contributed by atoms with Crippen LogP contribution in [0.4, 0.5) is 5.69 Å². The van der Waals surface area contributed by atoms with E-state index in [2.05, 4.69) is 61.6 Å². The molecule has 1 atom stereocenters. The summed E-state index contributed by atoms with van der Waals surface area (Å²) in [5, 5.41) is 6.57. The van der Waals surface area contributed by atoms with Crippen molar-refractivity contribution in [3.63, 3.8) is 0 Å². The predicted molar refractivity (Wildman–Crippen MR) is 146 cm³/mol. The molecule has 2 aromatic rings. The Bertz CT molecular complexity index is 1110. The SMILES string of the molecule is CN1CCN(c2ccc(CNC(=O)c3cccc(C4=CN=C(N)CN4[C@H]4CCCNC4)c3)cc2)CC1. The molecular formula is C28H37N7O. The Hall–Kier alpha value is -3.36. The lowest BCUT2D eigenvalue weighted by molar-refractivity contribution is 0.0951. The minimum absolute atomic E-state index is 0.0784. The number of benzene rings is 2. The number of carbonyl (C=O) groups excluding carboxylic acids is 1. The Kier molecular flexibility index (Phi) is 7.53. The lowest BCUT2D eigenvalue weighted by atomic mass is 10.0. The second kappa shape index (κ2) is 11.1. The van der Waals surface area contributed by atoms with E-state index < -0.39 is 0 Å².